The van der Waals surface area contributed by atoms with Gasteiger partial charge in [-0.2, -0.15) is 0 Å². The number of ketones is 1. The van der Waals surface area contributed by atoms with E-state index in [1.54, 1.807) is 25.3 Å². The summed E-state index contributed by atoms with van der Waals surface area (Å²) >= 11 is 0. The lowest BCUT2D eigenvalue weighted by atomic mass is 9.94. The number of rotatable bonds is 10. The Bertz CT molecular complexity index is 1390. The van der Waals surface area contributed by atoms with Crippen molar-refractivity contribution in [1.29, 1.82) is 0 Å². The average Bonchev–Trinajstić information content (AvgIpc) is 3.17. The van der Waals surface area contributed by atoms with Crippen LogP contribution in [0.5, 0.6) is 17.2 Å². The Labute approximate surface area is 236 Å². The van der Waals surface area contributed by atoms with E-state index in [2.05, 4.69) is 13.8 Å². The number of aliphatic hydroxyl groups is 1. The highest BCUT2D eigenvalue weighted by molar-refractivity contribution is 6.46. The van der Waals surface area contributed by atoms with Crippen molar-refractivity contribution in [2.24, 2.45) is 5.92 Å². The minimum Gasteiger partial charge on any atom is -0.507 e. The topological polar surface area (TPSA) is 85.3 Å². The Morgan fingerprint density at radius 3 is 2.15 bits per heavy atom. The summed E-state index contributed by atoms with van der Waals surface area (Å²) in [7, 11) is 1.59. The average molecular weight is 544 g/mol. The van der Waals surface area contributed by atoms with E-state index < -0.39 is 17.7 Å². The zero-order valence-corrected chi connectivity index (χ0v) is 23.9. The van der Waals surface area contributed by atoms with Crippen molar-refractivity contribution in [2.75, 3.05) is 13.7 Å². The van der Waals surface area contributed by atoms with E-state index in [4.69, 9.17) is 14.2 Å². The fraction of sp³-hybridized carbons (Fsp3) is 0.333. The van der Waals surface area contributed by atoms with Crippen molar-refractivity contribution < 1.29 is 28.9 Å². The quantitative estimate of drug-likeness (QED) is 0.180. The summed E-state index contributed by atoms with van der Waals surface area (Å²) in [6.07, 6.45) is 0.00212. The first-order valence-electron chi connectivity index (χ1n) is 13.5. The van der Waals surface area contributed by atoms with Gasteiger partial charge >= 0.3 is 0 Å². The lowest BCUT2D eigenvalue weighted by Gasteiger charge is -2.26. The number of likely N-dealkylation sites (tertiary alicyclic amines) is 1. The van der Waals surface area contributed by atoms with Crippen LogP contribution < -0.4 is 14.2 Å². The molecule has 0 radical (unpaired) electrons. The number of nitrogens with zero attached hydrogens (tertiary/aromatic N) is 1. The molecule has 7 heteroatoms. The van der Waals surface area contributed by atoms with Crippen LogP contribution in [0.1, 0.15) is 56.0 Å². The van der Waals surface area contributed by atoms with Gasteiger partial charge < -0.3 is 24.2 Å². The molecule has 1 unspecified atom stereocenters. The van der Waals surface area contributed by atoms with E-state index in [9.17, 15) is 14.7 Å². The van der Waals surface area contributed by atoms with Crippen LogP contribution in [-0.2, 0) is 16.1 Å². The molecule has 210 valence electrons. The van der Waals surface area contributed by atoms with Gasteiger partial charge in [0, 0.05) is 12.1 Å². The number of ether oxygens (including phenoxy) is 3. The van der Waals surface area contributed by atoms with E-state index >= 15 is 0 Å². The van der Waals surface area contributed by atoms with Crippen LogP contribution in [-0.4, -0.2) is 41.5 Å². The maximum Gasteiger partial charge on any atom is 0.295 e. The third kappa shape index (κ3) is 6.30. The molecule has 0 aliphatic carbocycles. The lowest BCUT2D eigenvalue weighted by Crippen LogP contribution is -2.29. The molecule has 1 atom stereocenters. The first-order chi connectivity index (χ1) is 19.1. The molecule has 1 heterocycles. The maximum absolute atomic E-state index is 13.5. The van der Waals surface area contributed by atoms with Gasteiger partial charge in [-0.1, -0.05) is 38.1 Å². The largest absolute Gasteiger partial charge is 0.507 e. The standard InChI is InChI=1S/C33H37NO6/c1-20(2)19-39-28-16-11-25(17-22(28)5)31(35)29-30(24-9-14-27(15-10-24)40-21(3)4)34(33(37)32(29)36)18-23-7-12-26(38-6)13-8-23/h7-17,20-21,30,35H,18-19H2,1-6H3/b31-29-. The van der Waals surface area contributed by atoms with Crippen molar-refractivity contribution in [3.05, 3.63) is 94.6 Å². The molecule has 1 saturated heterocycles. The highest BCUT2D eigenvalue weighted by atomic mass is 16.5. The van der Waals surface area contributed by atoms with Crippen LogP contribution in [0.4, 0.5) is 0 Å². The van der Waals surface area contributed by atoms with Crippen molar-refractivity contribution in [3.8, 4) is 17.2 Å². The van der Waals surface area contributed by atoms with Gasteiger partial charge in [-0.15, -0.1) is 0 Å². The number of hydrogen-bond donors (Lipinski definition) is 1. The van der Waals surface area contributed by atoms with E-state index in [-0.39, 0.29) is 24.0 Å². The van der Waals surface area contributed by atoms with Crippen LogP contribution in [0.3, 0.4) is 0 Å². The normalized spacial score (nSPS) is 16.6. The van der Waals surface area contributed by atoms with Crippen molar-refractivity contribution in [3.63, 3.8) is 0 Å². The number of Topliss-reactive ketones (excluding diaryl/α,β-unsaturated/α-hetero) is 1. The first kappa shape index (κ1) is 28.7. The number of aryl methyl sites for hydroxylation is 1. The van der Waals surface area contributed by atoms with Crippen molar-refractivity contribution >= 4 is 17.4 Å². The van der Waals surface area contributed by atoms with E-state index in [1.807, 2.05) is 69.3 Å². The minimum absolute atomic E-state index is 0.00212. The SMILES string of the molecule is COc1ccc(CN2C(=O)C(=O)/C(=C(\O)c3ccc(OCC(C)C)c(C)c3)C2c2ccc(OC(C)C)cc2)cc1. The van der Waals surface area contributed by atoms with Crippen molar-refractivity contribution in [2.45, 2.75) is 53.3 Å². The van der Waals surface area contributed by atoms with Gasteiger partial charge in [-0.25, -0.2) is 0 Å². The number of hydrogen-bond acceptors (Lipinski definition) is 6. The fourth-order valence-electron chi connectivity index (χ4n) is 4.69. The number of carbonyl (C=O) groups is 2. The predicted octanol–water partition coefficient (Wildman–Crippen LogP) is 6.45. The fourth-order valence-corrected chi connectivity index (χ4v) is 4.69. The van der Waals surface area contributed by atoms with E-state index in [0.29, 0.717) is 40.9 Å². The van der Waals surface area contributed by atoms with Crippen LogP contribution >= 0.6 is 0 Å². The van der Waals surface area contributed by atoms with Crippen molar-refractivity contribution in [1.82, 2.24) is 4.90 Å². The predicted molar refractivity (Wildman–Crippen MR) is 155 cm³/mol. The lowest BCUT2D eigenvalue weighted by molar-refractivity contribution is -0.140. The molecular formula is C33H37NO6. The highest BCUT2D eigenvalue weighted by Crippen LogP contribution is 2.41. The smallest absolute Gasteiger partial charge is 0.295 e. The summed E-state index contributed by atoms with van der Waals surface area (Å²) < 4.78 is 16.9. The molecule has 1 fully saturated rings. The van der Waals surface area contributed by atoms with Gasteiger partial charge in [0.15, 0.2) is 0 Å². The molecule has 1 aliphatic rings. The maximum atomic E-state index is 13.5. The second-order valence-electron chi connectivity index (χ2n) is 10.7. The molecule has 3 aromatic carbocycles. The Balaban J connectivity index is 1.77. The summed E-state index contributed by atoms with van der Waals surface area (Å²) in [5, 5.41) is 11.5. The van der Waals surface area contributed by atoms with Gasteiger partial charge in [0.1, 0.15) is 23.0 Å². The summed E-state index contributed by atoms with van der Waals surface area (Å²) in [6.45, 7) is 10.7. The molecule has 3 aromatic rings. The van der Waals surface area contributed by atoms with Crippen LogP contribution in [0, 0.1) is 12.8 Å². The number of carbonyl (C=O) groups excluding carboxylic acids is 2. The van der Waals surface area contributed by atoms with E-state index in [1.165, 1.54) is 4.90 Å². The second kappa shape index (κ2) is 12.3. The van der Waals surface area contributed by atoms with E-state index in [0.717, 1.165) is 11.1 Å². The Kier molecular flexibility index (Phi) is 8.83. The first-order valence-corrected chi connectivity index (χ1v) is 13.5. The molecule has 0 aromatic heterocycles. The molecular weight excluding hydrogens is 506 g/mol. The monoisotopic (exact) mass is 543 g/mol. The van der Waals surface area contributed by atoms with Gasteiger partial charge in [0.25, 0.3) is 11.7 Å². The molecule has 40 heavy (non-hydrogen) atoms. The molecule has 4 rings (SSSR count). The molecule has 1 aliphatic heterocycles. The summed E-state index contributed by atoms with van der Waals surface area (Å²) in [5.41, 5.74) is 2.84. The Morgan fingerprint density at radius 2 is 1.57 bits per heavy atom. The summed E-state index contributed by atoms with van der Waals surface area (Å²) in [5.74, 6) is 0.836. The molecule has 7 nitrogen and oxygen atoms in total. The second-order valence-corrected chi connectivity index (χ2v) is 10.7. The van der Waals surface area contributed by atoms with Crippen LogP contribution in [0.2, 0.25) is 0 Å². The van der Waals surface area contributed by atoms with Gasteiger partial charge in [-0.05, 0) is 85.8 Å². The Morgan fingerprint density at radius 1 is 0.925 bits per heavy atom. The van der Waals surface area contributed by atoms with Crippen LogP contribution in [0.25, 0.3) is 5.76 Å². The highest BCUT2D eigenvalue weighted by Gasteiger charge is 2.46. The Hall–Kier alpha value is -4.26. The third-order valence-corrected chi connectivity index (χ3v) is 6.64. The molecule has 0 saturated carbocycles. The zero-order chi connectivity index (χ0) is 29.0. The third-order valence-electron chi connectivity index (χ3n) is 6.64. The minimum atomic E-state index is -0.785. The molecule has 0 bridgehead atoms. The number of aliphatic hydroxyl groups excluding tert-OH is 1. The van der Waals surface area contributed by atoms with Gasteiger partial charge in [-0.3, -0.25) is 9.59 Å². The van der Waals surface area contributed by atoms with Crippen LogP contribution in [0.15, 0.2) is 72.3 Å². The number of methoxy groups -OCH3 is 1. The number of amides is 1. The molecule has 0 spiro atoms. The number of benzene rings is 3. The summed E-state index contributed by atoms with van der Waals surface area (Å²) in [6, 6.07) is 19.1. The molecule has 1 amide bonds. The van der Waals surface area contributed by atoms with Gasteiger partial charge in [0.05, 0.1) is 31.4 Å². The summed E-state index contributed by atoms with van der Waals surface area (Å²) in [4.78, 5) is 28.4. The van der Waals surface area contributed by atoms with Gasteiger partial charge in [0.2, 0.25) is 0 Å². The molecule has 1 N–H and O–H groups in total. The zero-order valence-electron chi connectivity index (χ0n) is 23.9.